The summed E-state index contributed by atoms with van der Waals surface area (Å²) in [4.78, 5) is 27.8. The summed E-state index contributed by atoms with van der Waals surface area (Å²) < 4.78 is 47.7. The Morgan fingerprint density at radius 2 is 1.57 bits per heavy atom. The molecule has 0 saturated heterocycles. The third-order valence-corrected chi connectivity index (χ3v) is 8.63. The maximum atomic E-state index is 13.9. The molecular weight excluding hydrogens is 580 g/mol. The normalized spacial score (nSPS) is 11.9. The number of hydrogen-bond donors (Lipinski definition) is 1. The molecule has 1 atom stereocenters. The van der Waals surface area contributed by atoms with Crippen LogP contribution in [-0.2, 0) is 26.2 Å². The summed E-state index contributed by atoms with van der Waals surface area (Å²) in [5.41, 5.74) is 0.469. The van der Waals surface area contributed by atoms with E-state index in [2.05, 4.69) is 5.32 Å². The molecule has 3 aromatic carbocycles. The van der Waals surface area contributed by atoms with Gasteiger partial charge in [-0.3, -0.25) is 13.9 Å². The number of carbonyl (C=O) groups is 2. The second-order valence-electron chi connectivity index (χ2n) is 8.65. The number of likely N-dealkylation sites (N-methyl/N-ethyl adjacent to an activating group) is 1. The van der Waals surface area contributed by atoms with Crippen LogP contribution < -0.4 is 14.4 Å². The average molecular weight is 611 g/mol. The van der Waals surface area contributed by atoms with Crippen molar-refractivity contribution in [2.24, 2.45) is 0 Å². The highest BCUT2D eigenvalue weighted by molar-refractivity contribution is 7.92. The first-order valence-corrected chi connectivity index (χ1v) is 14.7. The van der Waals surface area contributed by atoms with Gasteiger partial charge in [0.05, 0.1) is 17.2 Å². The predicted octanol–water partition coefficient (Wildman–Crippen LogP) is 5.28. The third kappa shape index (κ3) is 7.24. The average Bonchev–Trinajstić information content (AvgIpc) is 2.93. The zero-order valence-electron chi connectivity index (χ0n) is 22.2. The quantitative estimate of drug-likeness (QED) is 0.301. The Bertz CT molecular complexity index is 1420. The number of rotatable bonds is 12. The van der Waals surface area contributed by atoms with Crippen LogP contribution in [0.5, 0.6) is 5.75 Å². The fraction of sp³-hybridized carbons (Fsp3) is 0.286. The van der Waals surface area contributed by atoms with E-state index in [4.69, 9.17) is 27.9 Å². The van der Waals surface area contributed by atoms with Crippen LogP contribution in [0.2, 0.25) is 10.0 Å². The Morgan fingerprint density at radius 1 is 0.975 bits per heavy atom. The number of sulfonamides is 1. The lowest BCUT2D eigenvalue weighted by Gasteiger charge is -2.33. The molecule has 0 fully saturated rings. The van der Waals surface area contributed by atoms with Gasteiger partial charge in [0.25, 0.3) is 10.0 Å². The molecule has 0 aliphatic carbocycles. The van der Waals surface area contributed by atoms with Gasteiger partial charge in [-0.25, -0.2) is 12.8 Å². The molecule has 8 nitrogen and oxygen atoms in total. The van der Waals surface area contributed by atoms with Crippen LogP contribution in [0.3, 0.4) is 0 Å². The molecule has 0 radical (unpaired) electrons. The van der Waals surface area contributed by atoms with Gasteiger partial charge in [0.1, 0.15) is 24.2 Å². The Hall–Kier alpha value is -3.34. The molecule has 214 valence electrons. The molecule has 0 spiro atoms. The van der Waals surface area contributed by atoms with E-state index in [1.54, 1.807) is 32.0 Å². The lowest BCUT2D eigenvalue weighted by atomic mass is 10.1. The van der Waals surface area contributed by atoms with Crippen molar-refractivity contribution in [3.63, 3.8) is 0 Å². The Kier molecular flexibility index (Phi) is 10.8. The number of benzene rings is 3. The van der Waals surface area contributed by atoms with E-state index in [1.165, 1.54) is 48.3 Å². The van der Waals surface area contributed by atoms with Crippen molar-refractivity contribution in [2.45, 2.75) is 37.8 Å². The Labute approximate surface area is 243 Å². The van der Waals surface area contributed by atoms with Crippen LogP contribution in [0.25, 0.3) is 0 Å². The first-order chi connectivity index (χ1) is 19.0. The van der Waals surface area contributed by atoms with Crippen molar-refractivity contribution in [1.29, 1.82) is 0 Å². The van der Waals surface area contributed by atoms with Gasteiger partial charge in [0.2, 0.25) is 11.8 Å². The summed E-state index contributed by atoms with van der Waals surface area (Å²) in [7, 11) is -2.88. The highest BCUT2D eigenvalue weighted by Crippen LogP contribution is 2.29. The van der Waals surface area contributed by atoms with E-state index in [0.717, 1.165) is 16.4 Å². The van der Waals surface area contributed by atoms with E-state index in [9.17, 15) is 22.4 Å². The minimum absolute atomic E-state index is 0.0624. The van der Waals surface area contributed by atoms with E-state index < -0.39 is 40.2 Å². The van der Waals surface area contributed by atoms with Crippen molar-refractivity contribution < 1.29 is 27.1 Å². The lowest BCUT2D eigenvalue weighted by Crippen LogP contribution is -2.51. The molecule has 0 aromatic heterocycles. The van der Waals surface area contributed by atoms with Crippen LogP contribution in [0.4, 0.5) is 10.1 Å². The number of amides is 2. The van der Waals surface area contributed by atoms with E-state index in [-0.39, 0.29) is 33.6 Å². The van der Waals surface area contributed by atoms with E-state index in [0.29, 0.717) is 17.9 Å². The molecule has 2 amide bonds. The van der Waals surface area contributed by atoms with Crippen LogP contribution in [0, 0.1) is 5.82 Å². The summed E-state index contributed by atoms with van der Waals surface area (Å²) >= 11 is 12.7. The monoisotopic (exact) mass is 609 g/mol. The second-order valence-corrected chi connectivity index (χ2v) is 11.3. The number of ether oxygens (including phenoxy) is 1. The van der Waals surface area contributed by atoms with Gasteiger partial charge in [-0.15, -0.1) is 0 Å². The van der Waals surface area contributed by atoms with Crippen molar-refractivity contribution in [3.8, 4) is 5.75 Å². The smallest absolute Gasteiger partial charge is 0.264 e. The highest BCUT2D eigenvalue weighted by atomic mass is 35.5. The van der Waals surface area contributed by atoms with E-state index in [1.807, 2.05) is 0 Å². The maximum absolute atomic E-state index is 13.9. The van der Waals surface area contributed by atoms with Crippen molar-refractivity contribution in [1.82, 2.24) is 10.2 Å². The first kappa shape index (κ1) is 31.2. The van der Waals surface area contributed by atoms with Gasteiger partial charge in [-0.1, -0.05) is 36.2 Å². The summed E-state index contributed by atoms with van der Waals surface area (Å²) in [5.74, 6) is -1.23. The lowest BCUT2D eigenvalue weighted by molar-refractivity contribution is -0.140. The number of hydrogen-bond acceptors (Lipinski definition) is 5. The Morgan fingerprint density at radius 3 is 2.10 bits per heavy atom. The minimum atomic E-state index is -4.32. The van der Waals surface area contributed by atoms with E-state index >= 15 is 0 Å². The van der Waals surface area contributed by atoms with Crippen LogP contribution in [0.15, 0.2) is 71.6 Å². The van der Waals surface area contributed by atoms with Crippen molar-refractivity contribution in [2.75, 3.05) is 24.5 Å². The molecule has 0 aliphatic rings. The summed E-state index contributed by atoms with van der Waals surface area (Å²) in [6, 6.07) is 14.4. The number of halogens is 3. The highest BCUT2D eigenvalue weighted by Gasteiger charge is 2.34. The molecule has 1 N–H and O–H groups in total. The fourth-order valence-corrected chi connectivity index (χ4v) is 6.01. The molecule has 3 aromatic rings. The Balaban J connectivity index is 2.08. The van der Waals surface area contributed by atoms with Crippen LogP contribution in [0.1, 0.15) is 25.8 Å². The maximum Gasteiger partial charge on any atom is 0.264 e. The molecule has 3 rings (SSSR count). The number of carbonyl (C=O) groups excluding carboxylic acids is 2. The molecule has 0 aliphatic heterocycles. The topological polar surface area (TPSA) is 96.0 Å². The zero-order chi connectivity index (χ0) is 29.4. The van der Waals surface area contributed by atoms with Crippen molar-refractivity contribution in [3.05, 3.63) is 88.2 Å². The molecule has 12 heteroatoms. The van der Waals surface area contributed by atoms with Gasteiger partial charge in [-0.05, 0) is 74.0 Å². The standard InChI is InChI=1S/C28H30Cl2FN3O5S/c1-4-26(28(36)32-3)33(17-23-24(29)7-6-8-25(23)30)27(35)18-34(20-11-9-19(31)10-12-20)40(37,38)22-15-13-21(14-16-22)39-5-2/h6-16,26H,4-5,17-18H2,1-3H3,(H,32,36)/t26-/m0/s1. The number of nitrogens with zero attached hydrogens (tertiary/aromatic N) is 2. The zero-order valence-corrected chi connectivity index (χ0v) is 24.6. The second kappa shape index (κ2) is 13.8. The summed E-state index contributed by atoms with van der Waals surface area (Å²) in [6.07, 6.45) is 0.232. The first-order valence-electron chi connectivity index (χ1n) is 12.5. The van der Waals surface area contributed by atoms with Gasteiger partial charge < -0.3 is 15.0 Å². The summed E-state index contributed by atoms with van der Waals surface area (Å²) in [6.45, 7) is 3.09. The molecular formula is C28H30Cl2FN3O5S. The SMILES string of the molecule is CCOc1ccc(S(=O)(=O)N(CC(=O)N(Cc2c(Cl)cccc2Cl)[C@@H](CC)C(=O)NC)c2ccc(F)cc2)cc1. The van der Waals surface area contributed by atoms with Gasteiger partial charge >= 0.3 is 0 Å². The van der Waals surface area contributed by atoms with Crippen LogP contribution >= 0.6 is 23.2 Å². The van der Waals surface area contributed by atoms with Gasteiger partial charge in [0, 0.05) is 29.2 Å². The molecule has 0 bridgehead atoms. The fourth-order valence-electron chi connectivity index (χ4n) is 4.08. The molecule has 0 saturated carbocycles. The molecule has 0 heterocycles. The van der Waals surface area contributed by atoms with Gasteiger partial charge in [-0.2, -0.15) is 0 Å². The third-order valence-electron chi connectivity index (χ3n) is 6.14. The number of nitrogens with one attached hydrogen (secondary N) is 1. The van der Waals surface area contributed by atoms with Crippen LogP contribution in [-0.4, -0.2) is 51.4 Å². The predicted molar refractivity (Wildman–Crippen MR) is 154 cm³/mol. The van der Waals surface area contributed by atoms with Crippen molar-refractivity contribution >= 4 is 50.7 Å². The molecule has 0 unspecified atom stereocenters. The number of anilines is 1. The largest absolute Gasteiger partial charge is 0.494 e. The minimum Gasteiger partial charge on any atom is -0.494 e. The van der Waals surface area contributed by atoms with Gasteiger partial charge in [0.15, 0.2) is 0 Å². The summed E-state index contributed by atoms with van der Waals surface area (Å²) in [5, 5.41) is 3.12. The molecule has 40 heavy (non-hydrogen) atoms.